The van der Waals surface area contributed by atoms with Crippen LogP contribution in [-0.4, -0.2) is 47.7 Å². The Morgan fingerprint density at radius 3 is 2.88 bits per heavy atom. The lowest BCUT2D eigenvalue weighted by molar-refractivity contribution is -0.135. The van der Waals surface area contributed by atoms with Crippen LogP contribution < -0.4 is 5.32 Å². The number of amides is 1. The van der Waals surface area contributed by atoms with E-state index >= 15 is 0 Å². The van der Waals surface area contributed by atoms with Crippen LogP contribution in [0, 0.1) is 0 Å². The number of aliphatic hydroxyl groups is 1. The summed E-state index contributed by atoms with van der Waals surface area (Å²) in [4.78, 5) is 14.4. The summed E-state index contributed by atoms with van der Waals surface area (Å²) in [7, 11) is 0. The summed E-state index contributed by atoms with van der Waals surface area (Å²) in [5.74, 6) is 0.296. The standard InChI is InChI=1S/C13H24N2O2/c16-10-4-6-11-5-3-9-15(11)13(17)12-7-1-2-8-14-12/h11-12,14,16H,1-10H2/t11?,12-/m0/s1. The molecule has 1 unspecified atom stereocenters. The number of carbonyl (C=O) groups is 1. The Balaban J connectivity index is 1.88. The van der Waals surface area contributed by atoms with Gasteiger partial charge in [0, 0.05) is 19.2 Å². The van der Waals surface area contributed by atoms with Crippen LogP contribution in [0.15, 0.2) is 0 Å². The minimum atomic E-state index is 0.0541. The van der Waals surface area contributed by atoms with E-state index in [9.17, 15) is 4.79 Å². The summed E-state index contributed by atoms with van der Waals surface area (Å²) in [6, 6.07) is 0.428. The molecule has 4 heteroatoms. The zero-order valence-electron chi connectivity index (χ0n) is 10.5. The van der Waals surface area contributed by atoms with E-state index in [1.165, 1.54) is 12.8 Å². The van der Waals surface area contributed by atoms with Crippen molar-refractivity contribution in [1.29, 1.82) is 0 Å². The average Bonchev–Trinajstić information content (AvgIpc) is 2.84. The molecular weight excluding hydrogens is 216 g/mol. The molecule has 0 aliphatic carbocycles. The molecule has 4 nitrogen and oxygen atoms in total. The van der Waals surface area contributed by atoms with E-state index in [0.717, 1.165) is 45.2 Å². The fraction of sp³-hybridized carbons (Fsp3) is 0.923. The van der Waals surface area contributed by atoms with Crippen molar-refractivity contribution in [2.75, 3.05) is 19.7 Å². The number of likely N-dealkylation sites (tertiary alicyclic amines) is 1. The topological polar surface area (TPSA) is 52.6 Å². The molecule has 2 heterocycles. The molecule has 2 atom stereocenters. The van der Waals surface area contributed by atoms with Gasteiger partial charge < -0.3 is 15.3 Å². The smallest absolute Gasteiger partial charge is 0.239 e. The van der Waals surface area contributed by atoms with E-state index in [-0.39, 0.29) is 12.6 Å². The van der Waals surface area contributed by atoms with Gasteiger partial charge in [-0.1, -0.05) is 6.42 Å². The molecule has 2 rings (SSSR count). The molecule has 0 spiro atoms. The Hall–Kier alpha value is -0.610. The molecule has 1 amide bonds. The Kier molecular flexibility index (Phi) is 4.80. The number of hydrogen-bond donors (Lipinski definition) is 2. The number of aliphatic hydroxyl groups excluding tert-OH is 1. The molecule has 2 aliphatic heterocycles. The lowest BCUT2D eigenvalue weighted by Gasteiger charge is -2.31. The van der Waals surface area contributed by atoms with E-state index in [1.54, 1.807) is 0 Å². The fourth-order valence-electron chi connectivity index (χ4n) is 3.02. The number of nitrogens with one attached hydrogen (secondary N) is 1. The molecule has 0 aromatic carbocycles. The average molecular weight is 240 g/mol. The Labute approximate surface area is 103 Å². The molecular formula is C13H24N2O2. The molecule has 98 valence electrons. The van der Waals surface area contributed by atoms with Crippen LogP contribution in [0.3, 0.4) is 0 Å². The van der Waals surface area contributed by atoms with Crippen LogP contribution >= 0.6 is 0 Å². The highest BCUT2D eigenvalue weighted by atomic mass is 16.3. The van der Waals surface area contributed by atoms with Crippen LogP contribution in [0.1, 0.15) is 44.9 Å². The molecule has 0 aromatic heterocycles. The highest BCUT2D eigenvalue weighted by Gasteiger charge is 2.32. The lowest BCUT2D eigenvalue weighted by atomic mass is 10.0. The van der Waals surface area contributed by atoms with Gasteiger partial charge in [-0.2, -0.15) is 0 Å². The zero-order chi connectivity index (χ0) is 12.1. The molecule has 0 radical (unpaired) electrons. The fourth-order valence-corrected chi connectivity index (χ4v) is 3.02. The normalized spacial score (nSPS) is 29.6. The highest BCUT2D eigenvalue weighted by Crippen LogP contribution is 2.23. The Morgan fingerprint density at radius 1 is 1.29 bits per heavy atom. The predicted molar refractivity (Wildman–Crippen MR) is 66.7 cm³/mol. The molecule has 17 heavy (non-hydrogen) atoms. The number of carbonyl (C=O) groups excluding carboxylic acids is 1. The third kappa shape index (κ3) is 3.19. The third-order valence-electron chi connectivity index (χ3n) is 3.96. The van der Waals surface area contributed by atoms with Crippen LogP contribution in [0.25, 0.3) is 0 Å². The van der Waals surface area contributed by atoms with Crippen LogP contribution in [0.2, 0.25) is 0 Å². The van der Waals surface area contributed by atoms with Crippen molar-refractivity contribution in [2.24, 2.45) is 0 Å². The van der Waals surface area contributed by atoms with Gasteiger partial charge in [-0.25, -0.2) is 0 Å². The molecule has 2 saturated heterocycles. The van der Waals surface area contributed by atoms with Crippen molar-refractivity contribution in [3.63, 3.8) is 0 Å². The van der Waals surface area contributed by atoms with Crippen molar-refractivity contribution in [2.45, 2.75) is 57.0 Å². The van der Waals surface area contributed by atoms with Gasteiger partial charge in [-0.15, -0.1) is 0 Å². The Bertz CT molecular complexity index is 252. The van der Waals surface area contributed by atoms with Crippen LogP contribution in [0.4, 0.5) is 0 Å². The third-order valence-corrected chi connectivity index (χ3v) is 3.96. The van der Waals surface area contributed by atoms with Gasteiger partial charge in [0.05, 0.1) is 6.04 Å². The molecule has 0 aromatic rings. The summed E-state index contributed by atoms with van der Waals surface area (Å²) in [5, 5.41) is 12.2. The molecule has 2 N–H and O–H groups in total. The predicted octanol–water partition coefficient (Wildman–Crippen LogP) is 0.892. The Morgan fingerprint density at radius 2 is 2.18 bits per heavy atom. The van der Waals surface area contributed by atoms with Crippen molar-refractivity contribution in [3.8, 4) is 0 Å². The lowest BCUT2D eigenvalue weighted by Crippen LogP contribution is -2.50. The van der Waals surface area contributed by atoms with E-state index in [4.69, 9.17) is 5.11 Å². The van der Waals surface area contributed by atoms with Gasteiger partial charge in [0.2, 0.25) is 5.91 Å². The van der Waals surface area contributed by atoms with E-state index in [2.05, 4.69) is 10.2 Å². The summed E-state index contributed by atoms with van der Waals surface area (Å²) in [6.07, 6.45) is 7.34. The van der Waals surface area contributed by atoms with Gasteiger partial charge in [-0.05, 0) is 45.1 Å². The number of hydrogen-bond acceptors (Lipinski definition) is 3. The van der Waals surface area contributed by atoms with Crippen molar-refractivity contribution >= 4 is 5.91 Å². The second-order valence-electron chi connectivity index (χ2n) is 5.20. The summed E-state index contributed by atoms with van der Waals surface area (Å²) < 4.78 is 0. The summed E-state index contributed by atoms with van der Waals surface area (Å²) in [5.41, 5.74) is 0. The number of nitrogens with zero attached hydrogens (tertiary/aromatic N) is 1. The van der Waals surface area contributed by atoms with Crippen molar-refractivity contribution in [3.05, 3.63) is 0 Å². The van der Waals surface area contributed by atoms with E-state index in [1.807, 2.05) is 0 Å². The van der Waals surface area contributed by atoms with E-state index in [0.29, 0.717) is 11.9 Å². The van der Waals surface area contributed by atoms with Gasteiger partial charge >= 0.3 is 0 Å². The number of rotatable bonds is 4. The van der Waals surface area contributed by atoms with Gasteiger partial charge in [0.1, 0.15) is 0 Å². The molecule has 2 fully saturated rings. The molecule has 2 aliphatic rings. The first-order valence-corrected chi connectivity index (χ1v) is 6.97. The largest absolute Gasteiger partial charge is 0.396 e. The van der Waals surface area contributed by atoms with Gasteiger partial charge in [-0.3, -0.25) is 4.79 Å². The molecule has 0 saturated carbocycles. The summed E-state index contributed by atoms with van der Waals surface area (Å²) in [6.45, 7) is 2.12. The first-order chi connectivity index (χ1) is 8.33. The first kappa shape index (κ1) is 12.8. The van der Waals surface area contributed by atoms with Gasteiger partial charge in [0.15, 0.2) is 0 Å². The van der Waals surface area contributed by atoms with E-state index < -0.39 is 0 Å². The minimum absolute atomic E-state index is 0.0541. The summed E-state index contributed by atoms with van der Waals surface area (Å²) >= 11 is 0. The van der Waals surface area contributed by atoms with Crippen LogP contribution in [-0.2, 0) is 4.79 Å². The first-order valence-electron chi connectivity index (χ1n) is 6.97. The number of piperidine rings is 1. The monoisotopic (exact) mass is 240 g/mol. The highest BCUT2D eigenvalue weighted by molar-refractivity contribution is 5.82. The van der Waals surface area contributed by atoms with Crippen molar-refractivity contribution < 1.29 is 9.90 Å². The minimum Gasteiger partial charge on any atom is -0.396 e. The maximum absolute atomic E-state index is 12.4. The molecule has 0 bridgehead atoms. The van der Waals surface area contributed by atoms with Gasteiger partial charge in [0.25, 0.3) is 0 Å². The zero-order valence-corrected chi connectivity index (χ0v) is 10.5. The second-order valence-corrected chi connectivity index (χ2v) is 5.20. The maximum Gasteiger partial charge on any atom is 0.239 e. The SMILES string of the molecule is O=C([C@@H]1CCCCN1)N1CCCC1CCCO. The van der Waals surface area contributed by atoms with Crippen molar-refractivity contribution in [1.82, 2.24) is 10.2 Å². The quantitative estimate of drug-likeness (QED) is 0.767. The maximum atomic E-state index is 12.4. The van der Waals surface area contributed by atoms with Crippen LogP contribution in [0.5, 0.6) is 0 Å². The second kappa shape index (κ2) is 6.36.